The van der Waals surface area contributed by atoms with Crippen LogP contribution in [0.15, 0.2) is 77.8 Å². The highest BCUT2D eigenvalue weighted by Crippen LogP contribution is 2.41. The lowest BCUT2D eigenvalue weighted by Crippen LogP contribution is -2.50. The predicted octanol–water partition coefficient (Wildman–Crippen LogP) is 3.28. The number of piperidine rings is 1. The van der Waals surface area contributed by atoms with E-state index in [0.29, 0.717) is 29.7 Å². The van der Waals surface area contributed by atoms with Crippen molar-refractivity contribution in [1.82, 2.24) is 20.1 Å². The van der Waals surface area contributed by atoms with E-state index >= 15 is 0 Å². The Kier molecular flexibility index (Phi) is 6.46. The first kappa shape index (κ1) is 23.0. The highest BCUT2D eigenvalue weighted by atomic mass is 35.5. The number of aliphatic imine (C=N–C) groups is 1. The number of carbonyl (C=O) groups is 1. The number of likely N-dealkylation sites (tertiary alicyclic amines) is 1. The molecule has 0 radical (unpaired) electrons. The molecular weight excluding hydrogens is 464 g/mol. The molecular formula is C26H27ClN6O2. The summed E-state index contributed by atoms with van der Waals surface area (Å²) in [7, 11) is 0. The standard InChI is InChI=1S/C26H27ClN6O2/c1-2-23(34)32-11-5-7-19(13-32)33-14-20(24-25(28)30-16-31-26(24)33)17-8-9-22(21(27)12-17)35-15-18-6-3-4-10-29-18/h2-4,6,8-10,12,14,16,19,26H,1,5,7,11,13,15,28H2,(H,30,31)/t19-,26?/m1/s1. The van der Waals surface area contributed by atoms with E-state index in [0.717, 1.165) is 41.8 Å². The number of nitrogens with zero attached hydrogens (tertiary/aromatic N) is 4. The number of halogens is 1. The fraction of sp³-hybridized carbons (Fsp3) is 0.269. The van der Waals surface area contributed by atoms with Gasteiger partial charge in [0.1, 0.15) is 18.2 Å². The lowest BCUT2D eigenvalue weighted by molar-refractivity contribution is -0.127. The van der Waals surface area contributed by atoms with Gasteiger partial charge in [0.25, 0.3) is 0 Å². The highest BCUT2D eigenvalue weighted by molar-refractivity contribution is 6.32. The Morgan fingerprint density at radius 1 is 1.34 bits per heavy atom. The molecule has 35 heavy (non-hydrogen) atoms. The number of benzene rings is 1. The van der Waals surface area contributed by atoms with Crippen LogP contribution in [0.2, 0.25) is 5.02 Å². The van der Waals surface area contributed by atoms with Crippen LogP contribution in [0.4, 0.5) is 0 Å². The lowest BCUT2D eigenvalue weighted by atomic mass is 9.98. The molecule has 9 heteroatoms. The Labute approximate surface area is 209 Å². The van der Waals surface area contributed by atoms with Crippen molar-refractivity contribution in [1.29, 1.82) is 0 Å². The molecule has 3 aliphatic heterocycles. The van der Waals surface area contributed by atoms with Gasteiger partial charge in [0, 0.05) is 42.7 Å². The van der Waals surface area contributed by atoms with Gasteiger partial charge in [0.15, 0.2) is 6.17 Å². The molecule has 3 aliphatic rings. The zero-order valence-electron chi connectivity index (χ0n) is 19.2. The third-order valence-corrected chi connectivity index (χ3v) is 6.78. The van der Waals surface area contributed by atoms with Crippen LogP contribution in [0.5, 0.6) is 5.75 Å². The van der Waals surface area contributed by atoms with Gasteiger partial charge in [-0.2, -0.15) is 0 Å². The summed E-state index contributed by atoms with van der Waals surface area (Å²) in [5.41, 5.74) is 9.97. The van der Waals surface area contributed by atoms with Crippen LogP contribution in [0.1, 0.15) is 24.1 Å². The van der Waals surface area contributed by atoms with Gasteiger partial charge in [-0.25, -0.2) is 4.99 Å². The number of amides is 1. The number of rotatable bonds is 6. The van der Waals surface area contributed by atoms with Crippen molar-refractivity contribution in [2.45, 2.75) is 31.7 Å². The number of aromatic nitrogens is 1. The zero-order valence-corrected chi connectivity index (χ0v) is 20.0. The van der Waals surface area contributed by atoms with Crippen molar-refractivity contribution in [3.63, 3.8) is 0 Å². The maximum Gasteiger partial charge on any atom is 0.246 e. The van der Waals surface area contributed by atoms with Gasteiger partial charge in [-0.1, -0.05) is 30.3 Å². The quantitative estimate of drug-likeness (QED) is 0.603. The van der Waals surface area contributed by atoms with E-state index in [9.17, 15) is 4.79 Å². The average Bonchev–Trinajstić information content (AvgIpc) is 3.29. The summed E-state index contributed by atoms with van der Waals surface area (Å²) >= 11 is 6.61. The highest BCUT2D eigenvalue weighted by Gasteiger charge is 2.39. The fourth-order valence-corrected chi connectivity index (χ4v) is 4.99. The van der Waals surface area contributed by atoms with Gasteiger partial charge in [0.05, 0.1) is 17.1 Å². The van der Waals surface area contributed by atoms with Gasteiger partial charge < -0.3 is 25.6 Å². The molecule has 3 N–H and O–H groups in total. The van der Waals surface area contributed by atoms with E-state index < -0.39 is 0 Å². The van der Waals surface area contributed by atoms with E-state index in [-0.39, 0.29) is 18.1 Å². The summed E-state index contributed by atoms with van der Waals surface area (Å²) < 4.78 is 5.89. The van der Waals surface area contributed by atoms with Gasteiger partial charge in [0.2, 0.25) is 5.91 Å². The van der Waals surface area contributed by atoms with Gasteiger partial charge >= 0.3 is 0 Å². The summed E-state index contributed by atoms with van der Waals surface area (Å²) in [6.45, 7) is 5.31. The van der Waals surface area contributed by atoms with Gasteiger partial charge in [-0.3, -0.25) is 9.78 Å². The summed E-state index contributed by atoms with van der Waals surface area (Å²) in [5.74, 6) is 1.09. The van der Waals surface area contributed by atoms with Crippen LogP contribution in [-0.2, 0) is 11.4 Å². The van der Waals surface area contributed by atoms with Crippen LogP contribution in [-0.4, -0.2) is 52.3 Å². The minimum atomic E-state index is -0.256. The molecule has 2 atom stereocenters. The molecule has 180 valence electrons. The number of ether oxygens (including phenoxy) is 1. The molecule has 1 aromatic heterocycles. The first-order valence-corrected chi connectivity index (χ1v) is 11.9. The number of hydrogen-bond acceptors (Lipinski definition) is 7. The number of nitrogens with two attached hydrogens (primary N) is 1. The van der Waals surface area contributed by atoms with Crippen LogP contribution in [0, 0.1) is 0 Å². The Morgan fingerprint density at radius 3 is 3.00 bits per heavy atom. The van der Waals surface area contributed by atoms with E-state index in [4.69, 9.17) is 22.1 Å². The molecule has 5 rings (SSSR count). The van der Waals surface area contributed by atoms with E-state index in [1.165, 1.54) is 6.08 Å². The second-order valence-electron chi connectivity index (χ2n) is 8.65. The van der Waals surface area contributed by atoms with E-state index in [1.54, 1.807) is 12.5 Å². The third-order valence-electron chi connectivity index (χ3n) is 6.48. The third kappa shape index (κ3) is 4.61. The SMILES string of the molecule is C=CC(=O)N1CCC[C@@H](N2C=C(c3ccc(OCc4ccccn4)c(Cl)c3)C3=C(N)NC=NC32)C1. The fourth-order valence-electron chi connectivity index (χ4n) is 4.75. The van der Waals surface area contributed by atoms with Gasteiger partial charge in [-0.15, -0.1) is 0 Å². The second-order valence-corrected chi connectivity index (χ2v) is 9.06. The number of nitrogens with one attached hydrogen (secondary N) is 1. The monoisotopic (exact) mass is 490 g/mol. The normalized spacial score (nSPS) is 21.3. The average molecular weight is 491 g/mol. The molecule has 0 aliphatic carbocycles. The summed E-state index contributed by atoms with van der Waals surface area (Å²) in [5, 5.41) is 3.53. The van der Waals surface area contributed by atoms with Crippen molar-refractivity contribution >= 4 is 29.4 Å². The number of hydrogen-bond donors (Lipinski definition) is 2. The molecule has 2 aromatic rings. The Hall–Kier alpha value is -3.78. The van der Waals surface area contributed by atoms with E-state index in [1.807, 2.05) is 41.3 Å². The van der Waals surface area contributed by atoms with Crippen LogP contribution >= 0.6 is 11.6 Å². The minimum Gasteiger partial charge on any atom is -0.486 e. The van der Waals surface area contributed by atoms with Crippen molar-refractivity contribution in [2.75, 3.05) is 13.1 Å². The molecule has 4 heterocycles. The molecule has 0 saturated carbocycles. The molecule has 1 fully saturated rings. The summed E-state index contributed by atoms with van der Waals surface area (Å²) in [4.78, 5) is 25.2. The number of fused-ring (bicyclic) bond motifs is 1. The number of carbonyl (C=O) groups excluding carboxylic acids is 1. The topological polar surface area (TPSA) is 96.1 Å². The molecule has 1 aromatic carbocycles. The first-order chi connectivity index (χ1) is 17.0. The molecule has 1 saturated heterocycles. The zero-order chi connectivity index (χ0) is 24.4. The lowest BCUT2D eigenvalue weighted by Gasteiger charge is -2.39. The van der Waals surface area contributed by atoms with Crippen LogP contribution in [0.3, 0.4) is 0 Å². The van der Waals surface area contributed by atoms with Gasteiger partial charge in [-0.05, 0) is 48.7 Å². The summed E-state index contributed by atoms with van der Waals surface area (Å²) in [6.07, 6.45) is 8.44. The number of pyridine rings is 1. The smallest absolute Gasteiger partial charge is 0.246 e. The molecule has 0 spiro atoms. The Balaban J connectivity index is 1.41. The van der Waals surface area contributed by atoms with Crippen molar-refractivity contribution < 1.29 is 9.53 Å². The predicted molar refractivity (Wildman–Crippen MR) is 136 cm³/mol. The maximum atomic E-state index is 12.2. The van der Waals surface area contributed by atoms with Crippen LogP contribution < -0.4 is 15.8 Å². The van der Waals surface area contributed by atoms with Crippen LogP contribution in [0.25, 0.3) is 5.57 Å². The Bertz CT molecular complexity index is 1230. The maximum absolute atomic E-state index is 12.2. The van der Waals surface area contributed by atoms with Crippen molar-refractivity contribution in [3.8, 4) is 5.75 Å². The van der Waals surface area contributed by atoms with E-state index in [2.05, 4.69) is 33.0 Å². The largest absolute Gasteiger partial charge is 0.486 e. The molecule has 0 bridgehead atoms. The summed E-state index contributed by atoms with van der Waals surface area (Å²) in [6, 6.07) is 11.5. The second kappa shape index (κ2) is 9.84. The van der Waals surface area contributed by atoms with Crippen molar-refractivity contribution in [3.05, 3.63) is 89.1 Å². The first-order valence-electron chi connectivity index (χ1n) is 11.6. The van der Waals surface area contributed by atoms with Crippen molar-refractivity contribution in [2.24, 2.45) is 10.7 Å². The molecule has 8 nitrogen and oxygen atoms in total. The minimum absolute atomic E-state index is 0.0461. The molecule has 1 unspecified atom stereocenters. The molecule has 1 amide bonds. The Morgan fingerprint density at radius 2 is 2.23 bits per heavy atom.